The molecule has 1 aromatic heterocycles. The minimum absolute atomic E-state index is 0.207. The highest BCUT2D eigenvalue weighted by atomic mass is 16.5. The van der Waals surface area contributed by atoms with E-state index >= 15 is 0 Å². The lowest BCUT2D eigenvalue weighted by molar-refractivity contribution is 0.102. The largest absolute Gasteiger partial charge is 0.493 e. The van der Waals surface area contributed by atoms with Gasteiger partial charge < -0.3 is 20.1 Å². The third-order valence-corrected chi connectivity index (χ3v) is 3.69. The fourth-order valence-corrected chi connectivity index (χ4v) is 2.27. The Hall–Kier alpha value is -2.76. The second-order valence-electron chi connectivity index (χ2n) is 6.06. The highest BCUT2D eigenvalue weighted by molar-refractivity contribution is 6.04. The molecule has 0 saturated heterocycles. The van der Waals surface area contributed by atoms with E-state index in [1.165, 1.54) is 0 Å². The van der Waals surface area contributed by atoms with E-state index in [1.807, 2.05) is 0 Å². The summed E-state index contributed by atoms with van der Waals surface area (Å²) in [6.45, 7) is 5.16. The van der Waals surface area contributed by atoms with Crippen molar-refractivity contribution in [3.63, 3.8) is 0 Å². The smallest absolute Gasteiger partial charge is 0.255 e. The zero-order valence-electron chi connectivity index (χ0n) is 15.1. The van der Waals surface area contributed by atoms with Crippen molar-refractivity contribution in [3.05, 3.63) is 42.1 Å². The molecule has 2 aromatic rings. The molecule has 1 aromatic carbocycles. The van der Waals surface area contributed by atoms with Crippen molar-refractivity contribution in [2.45, 2.75) is 20.3 Å². The van der Waals surface area contributed by atoms with Crippen molar-refractivity contribution in [2.24, 2.45) is 5.92 Å². The van der Waals surface area contributed by atoms with Gasteiger partial charge in [-0.15, -0.1) is 0 Å². The summed E-state index contributed by atoms with van der Waals surface area (Å²) in [7, 11) is 3.13. The van der Waals surface area contributed by atoms with Gasteiger partial charge in [-0.25, -0.2) is 4.98 Å². The standard InChI is InChI=1S/C19H25N3O3/c1-13(2)7-9-20-18-11-14(8-10-21-18)19(23)22-15-5-6-16(24-3)17(12-15)25-4/h5-6,8,10-13H,7,9H2,1-4H3,(H,20,21)(H,22,23). The summed E-state index contributed by atoms with van der Waals surface area (Å²) in [5.74, 6) is 2.28. The minimum Gasteiger partial charge on any atom is -0.493 e. The van der Waals surface area contributed by atoms with Gasteiger partial charge in [0.15, 0.2) is 11.5 Å². The summed E-state index contributed by atoms with van der Waals surface area (Å²) in [6.07, 6.45) is 2.67. The van der Waals surface area contributed by atoms with E-state index in [0.29, 0.717) is 34.5 Å². The lowest BCUT2D eigenvalue weighted by Crippen LogP contribution is -2.13. The molecule has 25 heavy (non-hydrogen) atoms. The zero-order valence-corrected chi connectivity index (χ0v) is 15.1. The predicted octanol–water partition coefficient (Wildman–Crippen LogP) is 3.81. The van der Waals surface area contributed by atoms with E-state index in [0.717, 1.165) is 13.0 Å². The molecule has 0 unspecified atom stereocenters. The molecule has 0 radical (unpaired) electrons. The molecule has 6 heteroatoms. The number of rotatable bonds is 8. The number of nitrogens with zero attached hydrogens (tertiary/aromatic N) is 1. The van der Waals surface area contributed by atoms with Crippen molar-refractivity contribution < 1.29 is 14.3 Å². The van der Waals surface area contributed by atoms with Crippen LogP contribution in [0.5, 0.6) is 11.5 Å². The quantitative estimate of drug-likeness (QED) is 0.762. The molecule has 2 N–H and O–H groups in total. The normalized spacial score (nSPS) is 10.4. The SMILES string of the molecule is COc1ccc(NC(=O)c2ccnc(NCCC(C)C)c2)cc1OC. The van der Waals surface area contributed by atoms with Gasteiger partial charge in [0, 0.05) is 30.1 Å². The maximum atomic E-state index is 12.5. The summed E-state index contributed by atoms with van der Waals surface area (Å²) in [5, 5.41) is 6.10. The van der Waals surface area contributed by atoms with Crippen LogP contribution in [-0.2, 0) is 0 Å². The fourth-order valence-electron chi connectivity index (χ4n) is 2.27. The third-order valence-electron chi connectivity index (χ3n) is 3.69. The van der Waals surface area contributed by atoms with Gasteiger partial charge in [0.1, 0.15) is 5.82 Å². The minimum atomic E-state index is -0.207. The van der Waals surface area contributed by atoms with Crippen LogP contribution >= 0.6 is 0 Å². The lowest BCUT2D eigenvalue weighted by atomic mass is 10.1. The molecule has 0 aliphatic rings. The van der Waals surface area contributed by atoms with Crippen LogP contribution in [0.15, 0.2) is 36.5 Å². The van der Waals surface area contributed by atoms with Crippen molar-refractivity contribution >= 4 is 17.4 Å². The molecule has 0 aliphatic carbocycles. The van der Waals surface area contributed by atoms with Gasteiger partial charge in [0.25, 0.3) is 5.91 Å². The predicted molar refractivity (Wildman–Crippen MR) is 99.7 cm³/mol. The molecule has 1 heterocycles. The number of anilines is 2. The van der Waals surface area contributed by atoms with Gasteiger partial charge >= 0.3 is 0 Å². The number of aromatic nitrogens is 1. The second-order valence-corrected chi connectivity index (χ2v) is 6.06. The zero-order chi connectivity index (χ0) is 18.2. The molecule has 0 aliphatic heterocycles. The van der Waals surface area contributed by atoms with Gasteiger partial charge in [-0.2, -0.15) is 0 Å². The summed E-state index contributed by atoms with van der Waals surface area (Å²) < 4.78 is 10.4. The number of benzene rings is 1. The van der Waals surface area contributed by atoms with Crippen LogP contribution < -0.4 is 20.1 Å². The molecule has 0 bridgehead atoms. The highest BCUT2D eigenvalue weighted by Crippen LogP contribution is 2.29. The maximum absolute atomic E-state index is 12.5. The first-order valence-electron chi connectivity index (χ1n) is 8.26. The topological polar surface area (TPSA) is 72.5 Å². The molecular formula is C19H25N3O3. The van der Waals surface area contributed by atoms with E-state index in [-0.39, 0.29) is 5.91 Å². The Morgan fingerprint density at radius 2 is 1.88 bits per heavy atom. The molecule has 2 rings (SSSR count). The average molecular weight is 343 g/mol. The molecule has 6 nitrogen and oxygen atoms in total. The molecule has 0 saturated carbocycles. The van der Waals surface area contributed by atoms with Crippen LogP contribution in [-0.4, -0.2) is 31.7 Å². The van der Waals surface area contributed by atoms with Crippen molar-refractivity contribution in [2.75, 3.05) is 31.4 Å². The number of ether oxygens (including phenoxy) is 2. The summed E-state index contributed by atoms with van der Waals surface area (Å²) in [6, 6.07) is 8.67. The van der Waals surface area contributed by atoms with Gasteiger partial charge in [-0.3, -0.25) is 4.79 Å². The monoisotopic (exact) mass is 343 g/mol. The Morgan fingerprint density at radius 1 is 1.12 bits per heavy atom. The van der Waals surface area contributed by atoms with Gasteiger partial charge in [0.05, 0.1) is 14.2 Å². The summed E-state index contributed by atoms with van der Waals surface area (Å²) >= 11 is 0. The third kappa shape index (κ3) is 5.38. The van der Waals surface area contributed by atoms with E-state index in [1.54, 1.807) is 50.7 Å². The van der Waals surface area contributed by atoms with Crippen LogP contribution in [0.1, 0.15) is 30.6 Å². The Kier molecular flexibility index (Phi) is 6.62. The summed E-state index contributed by atoms with van der Waals surface area (Å²) in [4.78, 5) is 16.7. The Morgan fingerprint density at radius 3 is 2.56 bits per heavy atom. The maximum Gasteiger partial charge on any atom is 0.255 e. The molecular weight excluding hydrogens is 318 g/mol. The molecule has 0 spiro atoms. The van der Waals surface area contributed by atoms with E-state index < -0.39 is 0 Å². The van der Waals surface area contributed by atoms with Crippen molar-refractivity contribution in [1.82, 2.24) is 4.98 Å². The highest BCUT2D eigenvalue weighted by Gasteiger charge is 2.10. The number of amides is 1. The van der Waals surface area contributed by atoms with Gasteiger partial charge in [-0.1, -0.05) is 13.8 Å². The number of carbonyl (C=O) groups excluding carboxylic acids is 1. The van der Waals surface area contributed by atoms with E-state index in [9.17, 15) is 4.79 Å². The van der Waals surface area contributed by atoms with E-state index in [4.69, 9.17) is 9.47 Å². The number of methoxy groups -OCH3 is 2. The van der Waals surface area contributed by atoms with Crippen LogP contribution in [0.2, 0.25) is 0 Å². The molecule has 0 fully saturated rings. The van der Waals surface area contributed by atoms with Crippen LogP contribution in [0, 0.1) is 5.92 Å². The first-order chi connectivity index (χ1) is 12.0. The number of nitrogens with one attached hydrogen (secondary N) is 2. The van der Waals surface area contributed by atoms with Gasteiger partial charge in [0.2, 0.25) is 0 Å². The molecule has 1 amide bonds. The van der Waals surface area contributed by atoms with Crippen molar-refractivity contribution in [1.29, 1.82) is 0 Å². The van der Waals surface area contributed by atoms with Crippen LogP contribution in [0.3, 0.4) is 0 Å². The number of carbonyl (C=O) groups is 1. The van der Waals surface area contributed by atoms with Gasteiger partial charge in [-0.05, 0) is 36.6 Å². The Labute approximate surface area is 148 Å². The van der Waals surface area contributed by atoms with Crippen LogP contribution in [0.4, 0.5) is 11.5 Å². The molecule has 0 atom stereocenters. The Balaban J connectivity index is 2.05. The van der Waals surface area contributed by atoms with Crippen molar-refractivity contribution in [3.8, 4) is 11.5 Å². The fraction of sp³-hybridized carbons (Fsp3) is 0.368. The second kappa shape index (κ2) is 8.92. The number of pyridine rings is 1. The van der Waals surface area contributed by atoms with Crippen LogP contribution in [0.25, 0.3) is 0 Å². The first-order valence-corrected chi connectivity index (χ1v) is 8.26. The number of hydrogen-bond acceptors (Lipinski definition) is 5. The number of hydrogen-bond donors (Lipinski definition) is 2. The van der Waals surface area contributed by atoms with E-state index in [2.05, 4.69) is 29.5 Å². The average Bonchev–Trinajstić information content (AvgIpc) is 2.61. The summed E-state index contributed by atoms with van der Waals surface area (Å²) in [5.41, 5.74) is 1.17. The Bertz CT molecular complexity index is 717. The molecule has 134 valence electrons. The first kappa shape index (κ1) is 18.6. The lowest BCUT2D eigenvalue weighted by Gasteiger charge is -2.11.